The minimum absolute atomic E-state index is 0.384. The molecule has 0 N–H and O–H groups in total. The van der Waals surface area contributed by atoms with Gasteiger partial charge in [0.15, 0.2) is 0 Å². The molecule has 1 fully saturated rings. The van der Waals surface area contributed by atoms with E-state index in [0.717, 1.165) is 38.3 Å². The number of halogens is 2. The number of nitrogens with zero attached hydrogens (tertiary/aromatic N) is 1. The summed E-state index contributed by atoms with van der Waals surface area (Å²) >= 11 is 0. The molecule has 1 aromatic rings. The van der Waals surface area contributed by atoms with Crippen LogP contribution in [0, 0.1) is 17.6 Å². The summed E-state index contributed by atoms with van der Waals surface area (Å²) in [7, 11) is 0. The van der Waals surface area contributed by atoms with Crippen LogP contribution in [0.25, 0.3) is 0 Å². The fraction of sp³-hybridized carbons (Fsp3) is 0.500. The van der Waals surface area contributed by atoms with Gasteiger partial charge in [0.1, 0.15) is 17.9 Å². The van der Waals surface area contributed by atoms with Gasteiger partial charge in [-0.1, -0.05) is 0 Å². The fourth-order valence-electron chi connectivity index (χ4n) is 2.58. The highest BCUT2D eigenvalue weighted by atomic mass is 19.1. The first-order valence-electron chi connectivity index (χ1n) is 6.28. The van der Waals surface area contributed by atoms with Crippen molar-refractivity contribution < 1.29 is 13.6 Å². The number of piperidine rings is 1. The number of rotatable bonds is 4. The molecule has 0 spiro atoms. The monoisotopic (exact) mass is 253 g/mol. The Morgan fingerprint density at radius 1 is 1.28 bits per heavy atom. The first-order valence-corrected chi connectivity index (χ1v) is 6.28. The van der Waals surface area contributed by atoms with Crippen LogP contribution in [0.1, 0.15) is 24.8 Å². The van der Waals surface area contributed by atoms with E-state index in [0.29, 0.717) is 24.4 Å². The van der Waals surface area contributed by atoms with Crippen molar-refractivity contribution in [2.24, 2.45) is 5.92 Å². The van der Waals surface area contributed by atoms with Crippen LogP contribution in [0.4, 0.5) is 8.78 Å². The predicted octanol–water partition coefficient (Wildman–Crippen LogP) is 2.77. The van der Waals surface area contributed by atoms with Crippen molar-refractivity contribution in [3.05, 3.63) is 35.4 Å². The Hall–Kier alpha value is -1.29. The Morgan fingerprint density at radius 2 is 2.00 bits per heavy atom. The molecule has 0 aliphatic carbocycles. The number of hydrogen-bond acceptors (Lipinski definition) is 2. The van der Waals surface area contributed by atoms with E-state index >= 15 is 0 Å². The van der Waals surface area contributed by atoms with Crippen LogP contribution < -0.4 is 0 Å². The van der Waals surface area contributed by atoms with Gasteiger partial charge in [-0.2, -0.15) is 0 Å². The molecule has 1 aliphatic rings. The topological polar surface area (TPSA) is 20.3 Å². The second kappa shape index (κ2) is 6.05. The number of carbonyl (C=O) groups is 1. The molecule has 1 saturated heterocycles. The van der Waals surface area contributed by atoms with Crippen molar-refractivity contribution in [2.45, 2.75) is 25.8 Å². The van der Waals surface area contributed by atoms with Crippen molar-refractivity contribution in [3.63, 3.8) is 0 Å². The molecule has 4 heteroatoms. The Morgan fingerprint density at radius 3 is 2.67 bits per heavy atom. The molecule has 2 rings (SSSR count). The van der Waals surface area contributed by atoms with Gasteiger partial charge in [0.2, 0.25) is 0 Å². The van der Waals surface area contributed by atoms with Crippen LogP contribution in [-0.2, 0) is 11.3 Å². The molecule has 98 valence electrons. The van der Waals surface area contributed by atoms with Crippen LogP contribution >= 0.6 is 0 Å². The number of likely N-dealkylation sites (tertiary alicyclic amines) is 1. The van der Waals surface area contributed by atoms with E-state index in [1.165, 1.54) is 12.1 Å². The van der Waals surface area contributed by atoms with Gasteiger partial charge in [-0.3, -0.25) is 4.90 Å². The third kappa shape index (κ3) is 3.60. The van der Waals surface area contributed by atoms with Crippen molar-refractivity contribution in [1.82, 2.24) is 4.90 Å². The number of carbonyl (C=O) groups excluding carboxylic acids is 1. The van der Waals surface area contributed by atoms with Gasteiger partial charge in [0.05, 0.1) is 0 Å². The molecule has 0 bridgehead atoms. The Balaban J connectivity index is 1.97. The van der Waals surface area contributed by atoms with Crippen LogP contribution in [0.5, 0.6) is 0 Å². The van der Waals surface area contributed by atoms with E-state index in [4.69, 9.17) is 0 Å². The Bertz CT molecular complexity index is 402. The lowest BCUT2D eigenvalue weighted by atomic mass is 9.95. The maximum Gasteiger partial charge on any atom is 0.126 e. The van der Waals surface area contributed by atoms with Gasteiger partial charge in [0.25, 0.3) is 0 Å². The highest BCUT2D eigenvalue weighted by Crippen LogP contribution is 2.21. The molecule has 0 radical (unpaired) electrons. The first kappa shape index (κ1) is 13.1. The van der Waals surface area contributed by atoms with Crippen LogP contribution in [-0.4, -0.2) is 24.3 Å². The van der Waals surface area contributed by atoms with E-state index in [-0.39, 0.29) is 0 Å². The number of aldehydes is 1. The fourth-order valence-corrected chi connectivity index (χ4v) is 2.58. The van der Waals surface area contributed by atoms with E-state index in [1.807, 2.05) is 0 Å². The van der Waals surface area contributed by atoms with Crippen LogP contribution in [0.2, 0.25) is 0 Å². The second-order valence-corrected chi connectivity index (χ2v) is 4.92. The number of hydrogen-bond donors (Lipinski definition) is 0. The summed E-state index contributed by atoms with van der Waals surface area (Å²) in [6.45, 7) is 2.30. The number of benzene rings is 1. The second-order valence-electron chi connectivity index (χ2n) is 4.92. The van der Waals surface area contributed by atoms with Crippen LogP contribution in [0.3, 0.4) is 0 Å². The normalized spacial score (nSPS) is 20.9. The summed E-state index contributed by atoms with van der Waals surface area (Å²) in [5, 5.41) is 0. The van der Waals surface area contributed by atoms with Crippen molar-refractivity contribution in [2.75, 3.05) is 13.1 Å². The molecule has 18 heavy (non-hydrogen) atoms. The standard InChI is InChI=1S/C14H17F2NO/c15-13-6-12(7-14(16)8-13)10-17-4-1-2-11(9-17)3-5-18/h5-8,11H,1-4,9-10H2. The van der Waals surface area contributed by atoms with E-state index in [1.54, 1.807) is 0 Å². The van der Waals surface area contributed by atoms with Gasteiger partial charge in [-0.25, -0.2) is 8.78 Å². The SMILES string of the molecule is O=CCC1CCCN(Cc2cc(F)cc(F)c2)C1. The smallest absolute Gasteiger partial charge is 0.126 e. The minimum atomic E-state index is -0.536. The Kier molecular flexibility index (Phi) is 4.42. The quantitative estimate of drug-likeness (QED) is 0.769. The summed E-state index contributed by atoms with van der Waals surface area (Å²) in [6, 6.07) is 3.62. The zero-order valence-electron chi connectivity index (χ0n) is 10.2. The van der Waals surface area contributed by atoms with Gasteiger partial charge in [-0.05, 0) is 43.0 Å². The summed E-state index contributed by atoms with van der Waals surface area (Å²) in [5.41, 5.74) is 0.652. The van der Waals surface area contributed by atoms with E-state index < -0.39 is 11.6 Å². The van der Waals surface area contributed by atoms with E-state index in [2.05, 4.69) is 4.90 Å². The largest absolute Gasteiger partial charge is 0.303 e. The molecule has 1 atom stereocenters. The lowest BCUT2D eigenvalue weighted by Gasteiger charge is -2.31. The van der Waals surface area contributed by atoms with Crippen molar-refractivity contribution >= 4 is 6.29 Å². The zero-order chi connectivity index (χ0) is 13.0. The van der Waals surface area contributed by atoms with Crippen molar-refractivity contribution in [1.29, 1.82) is 0 Å². The van der Waals surface area contributed by atoms with Gasteiger partial charge >= 0.3 is 0 Å². The van der Waals surface area contributed by atoms with Crippen molar-refractivity contribution in [3.8, 4) is 0 Å². The maximum absolute atomic E-state index is 13.1. The predicted molar refractivity (Wildman–Crippen MR) is 65.0 cm³/mol. The lowest BCUT2D eigenvalue weighted by molar-refractivity contribution is -0.109. The van der Waals surface area contributed by atoms with E-state index in [9.17, 15) is 13.6 Å². The summed E-state index contributed by atoms with van der Waals surface area (Å²) < 4.78 is 26.1. The Labute approximate surface area is 106 Å². The molecule has 1 aliphatic heterocycles. The van der Waals surface area contributed by atoms with Crippen LogP contribution in [0.15, 0.2) is 18.2 Å². The maximum atomic E-state index is 13.1. The lowest BCUT2D eigenvalue weighted by Crippen LogP contribution is -2.35. The zero-order valence-corrected chi connectivity index (χ0v) is 10.2. The third-order valence-electron chi connectivity index (χ3n) is 3.36. The molecule has 0 saturated carbocycles. The highest BCUT2D eigenvalue weighted by molar-refractivity contribution is 5.49. The minimum Gasteiger partial charge on any atom is -0.303 e. The average Bonchev–Trinajstić information content (AvgIpc) is 2.28. The summed E-state index contributed by atoms with van der Waals surface area (Å²) in [6.07, 6.45) is 3.63. The average molecular weight is 253 g/mol. The highest BCUT2D eigenvalue weighted by Gasteiger charge is 2.19. The third-order valence-corrected chi connectivity index (χ3v) is 3.36. The molecular formula is C14H17F2NO. The summed E-state index contributed by atoms with van der Waals surface area (Å²) in [5.74, 6) is -0.687. The van der Waals surface area contributed by atoms with Gasteiger partial charge < -0.3 is 4.79 Å². The molecule has 2 nitrogen and oxygen atoms in total. The molecule has 1 heterocycles. The van der Waals surface area contributed by atoms with Gasteiger partial charge in [0, 0.05) is 25.6 Å². The molecule has 1 aromatic carbocycles. The summed E-state index contributed by atoms with van der Waals surface area (Å²) in [4.78, 5) is 12.7. The molecule has 0 amide bonds. The molecular weight excluding hydrogens is 236 g/mol. The molecule has 0 aromatic heterocycles. The first-order chi connectivity index (χ1) is 8.67. The molecule has 1 unspecified atom stereocenters. The van der Waals surface area contributed by atoms with Gasteiger partial charge in [-0.15, -0.1) is 0 Å².